The van der Waals surface area contributed by atoms with Crippen molar-refractivity contribution in [2.45, 2.75) is 25.8 Å². The number of rotatable bonds is 2. The van der Waals surface area contributed by atoms with Crippen molar-refractivity contribution in [1.29, 1.82) is 0 Å². The van der Waals surface area contributed by atoms with Crippen LogP contribution in [-0.4, -0.2) is 38.6 Å². The van der Waals surface area contributed by atoms with Crippen LogP contribution in [0.2, 0.25) is 0 Å². The number of nitrogens with one attached hydrogen (secondary N) is 1. The van der Waals surface area contributed by atoms with Crippen molar-refractivity contribution in [2.24, 2.45) is 0 Å². The number of halogens is 2. The summed E-state index contributed by atoms with van der Waals surface area (Å²) in [6, 6.07) is 6.55. The van der Waals surface area contributed by atoms with Crippen LogP contribution in [0.1, 0.15) is 24.7 Å². The quantitative estimate of drug-likeness (QED) is 0.743. The number of benzene rings is 1. The molecule has 0 unspecified atom stereocenters. The molecule has 0 bridgehead atoms. The van der Waals surface area contributed by atoms with Gasteiger partial charge in [-0.2, -0.15) is 0 Å². The zero-order chi connectivity index (χ0) is 19.0. The highest BCUT2D eigenvalue weighted by atomic mass is 19.1. The van der Waals surface area contributed by atoms with Crippen molar-refractivity contribution in [3.63, 3.8) is 0 Å². The third-order valence-corrected chi connectivity index (χ3v) is 4.91. The Morgan fingerprint density at radius 1 is 1.22 bits per heavy atom. The number of hydrogen-bond donors (Lipinski definition) is 1. The Kier molecular flexibility index (Phi) is 4.47. The first-order valence-corrected chi connectivity index (χ1v) is 8.83. The van der Waals surface area contributed by atoms with Crippen LogP contribution >= 0.6 is 0 Å². The fourth-order valence-corrected chi connectivity index (χ4v) is 3.59. The number of aryl methyl sites for hydroxylation is 1. The molecule has 1 N–H and O–H groups in total. The van der Waals surface area contributed by atoms with Gasteiger partial charge in [0.15, 0.2) is 5.65 Å². The summed E-state index contributed by atoms with van der Waals surface area (Å²) in [5, 5.41) is 2.45. The van der Waals surface area contributed by atoms with Crippen LogP contribution < -0.4 is 5.32 Å². The number of amides is 2. The molecular weight excluding hydrogens is 352 g/mol. The fraction of sp³-hybridized carbons (Fsp3) is 0.316. The summed E-state index contributed by atoms with van der Waals surface area (Å²) >= 11 is 0. The number of likely N-dealkylation sites (tertiary alicyclic amines) is 1. The first-order chi connectivity index (χ1) is 13.0. The van der Waals surface area contributed by atoms with E-state index >= 15 is 0 Å². The maximum absolute atomic E-state index is 13.7. The van der Waals surface area contributed by atoms with Crippen molar-refractivity contribution < 1.29 is 13.6 Å². The average Bonchev–Trinajstić information content (AvgIpc) is 3.00. The molecule has 3 aromatic rings. The van der Waals surface area contributed by atoms with Crippen molar-refractivity contribution in [2.75, 3.05) is 18.4 Å². The molecular formula is C19H19F2N5O. The predicted octanol–water partition coefficient (Wildman–Crippen LogP) is 3.89. The molecule has 140 valence electrons. The Labute approximate surface area is 154 Å². The van der Waals surface area contributed by atoms with Gasteiger partial charge in [-0.15, -0.1) is 0 Å². The van der Waals surface area contributed by atoms with E-state index in [1.165, 1.54) is 0 Å². The number of hydrogen-bond acceptors (Lipinski definition) is 3. The Morgan fingerprint density at radius 3 is 2.78 bits per heavy atom. The average molecular weight is 371 g/mol. The summed E-state index contributed by atoms with van der Waals surface area (Å²) in [6.45, 7) is 2.98. The van der Waals surface area contributed by atoms with Gasteiger partial charge < -0.3 is 14.8 Å². The zero-order valence-electron chi connectivity index (χ0n) is 14.8. The standard InChI is InChI=1S/C19H19F2N5O/c1-12-23-16-3-2-8-22-18(16)26(12)14-6-9-25(10-7-14)19(27)24-17-11-13(20)4-5-15(17)21/h2-5,8,11,14H,6-7,9-10H2,1H3,(H,24,27). The third-order valence-electron chi connectivity index (χ3n) is 4.91. The van der Waals surface area contributed by atoms with E-state index in [2.05, 4.69) is 19.9 Å². The summed E-state index contributed by atoms with van der Waals surface area (Å²) in [4.78, 5) is 23.0. The van der Waals surface area contributed by atoms with Crippen molar-refractivity contribution in [3.05, 3.63) is 54.0 Å². The number of imidazole rings is 1. The Balaban J connectivity index is 1.45. The van der Waals surface area contributed by atoms with E-state index in [0.29, 0.717) is 13.1 Å². The Morgan fingerprint density at radius 2 is 2.00 bits per heavy atom. The van der Waals surface area contributed by atoms with Crippen LogP contribution in [0.25, 0.3) is 11.2 Å². The van der Waals surface area contributed by atoms with Gasteiger partial charge in [0, 0.05) is 31.4 Å². The van der Waals surface area contributed by atoms with Crippen LogP contribution in [0.15, 0.2) is 36.5 Å². The minimum Gasteiger partial charge on any atom is -0.324 e. The number of fused-ring (bicyclic) bond motifs is 1. The zero-order valence-corrected chi connectivity index (χ0v) is 14.8. The third kappa shape index (κ3) is 3.34. The SMILES string of the molecule is Cc1nc2cccnc2n1C1CCN(C(=O)Nc2cc(F)ccc2F)CC1. The number of anilines is 1. The van der Waals surface area contributed by atoms with E-state index < -0.39 is 17.7 Å². The number of aromatic nitrogens is 3. The lowest BCUT2D eigenvalue weighted by Crippen LogP contribution is -2.41. The Hall–Kier alpha value is -3.03. The summed E-state index contributed by atoms with van der Waals surface area (Å²) in [6.07, 6.45) is 3.22. The lowest BCUT2D eigenvalue weighted by molar-refractivity contribution is 0.184. The summed E-state index contributed by atoms with van der Waals surface area (Å²) in [5.74, 6) is -0.361. The molecule has 0 radical (unpaired) electrons. The van der Waals surface area contributed by atoms with Crippen LogP contribution in [0.4, 0.5) is 19.3 Å². The number of piperidine rings is 1. The maximum Gasteiger partial charge on any atom is 0.321 e. The molecule has 0 aliphatic carbocycles. The highest BCUT2D eigenvalue weighted by molar-refractivity contribution is 5.89. The van der Waals surface area contributed by atoms with Crippen LogP contribution in [0, 0.1) is 18.6 Å². The topological polar surface area (TPSA) is 63.1 Å². The summed E-state index contributed by atoms with van der Waals surface area (Å²) in [5.41, 5.74) is 1.55. The molecule has 1 saturated heterocycles. The number of nitrogens with zero attached hydrogens (tertiary/aromatic N) is 4. The molecule has 8 heteroatoms. The van der Waals surface area contributed by atoms with E-state index in [4.69, 9.17) is 0 Å². The molecule has 3 heterocycles. The second-order valence-corrected chi connectivity index (χ2v) is 6.65. The van der Waals surface area contributed by atoms with Gasteiger partial charge in [0.2, 0.25) is 0 Å². The van der Waals surface area contributed by atoms with Crippen molar-refractivity contribution in [3.8, 4) is 0 Å². The minimum atomic E-state index is -0.661. The second-order valence-electron chi connectivity index (χ2n) is 6.65. The molecule has 0 saturated carbocycles. The fourth-order valence-electron chi connectivity index (χ4n) is 3.59. The molecule has 2 amide bonds. The molecule has 1 aromatic carbocycles. The number of carbonyl (C=O) groups excluding carboxylic acids is 1. The largest absolute Gasteiger partial charge is 0.324 e. The van der Waals surface area contributed by atoms with Gasteiger partial charge in [-0.05, 0) is 44.0 Å². The molecule has 4 rings (SSSR count). The first-order valence-electron chi connectivity index (χ1n) is 8.83. The van der Waals surface area contributed by atoms with Gasteiger partial charge in [0.25, 0.3) is 0 Å². The minimum absolute atomic E-state index is 0.150. The van der Waals surface area contributed by atoms with Gasteiger partial charge in [0.1, 0.15) is 23.0 Å². The van der Waals surface area contributed by atoms with Gasteiger partial charge in [-0.3, -0.25) is 0 Å². The van der Waals surface area contributed by atoms with E-state index in [0.717, 1.165) is 48.0 Å². The molecule has 1 aliphatic heterocycles. The van der Waals surface area contributed by atoms with Crippen molar-refractivity contribution >= 4 is 22.9 Å². The van der Waals surface area contributed by atoms with E-state index in [-0.39, 0.29) is 11.7 Å². The van der Waals surface area contributed by atoms with Crippen LogP contribution in [0.5, 0.6) is 0 Å². The van der Waals surface area contributed by atoms with Gasteiger partial charge >= 0.3 is 6.03 Å². The molecule has 27 heavy (non-hydrogen) atoms. The maximum atomic E-state index is 13.7. The van der Waals surface area contributed by atoms with E-state index in [1.807, 2.05) is 19.1 Å². The number of urea groups is 1. The number of carbonyl (C=O) groups is 1. The molecule has 0 spiro atoms. The molecule has 1 aliphatic rings. The van der Waals surface area contributed by atoms with Gasteiger partial charge in [-0.1, -0.05) is 0 Å². The monoisotopic (exact) mass is 371 g/mol. The second kappa shape index (κ2) is 6.94. The highest BCUT2D eigenvalue weighted by Gasteiger charge is 2.26. The highest BCUT2D eigenvalue weighted by Crippen LogP contribution is 2.28. The van der Waals surface area contributed by atoms with E-state index in [9.17, 15) is 13.6 Å². The molecule has 0 atom stereocenters. The van der Waals surface area contributed by atoms with Gasteiger partial charge in [0.05, 0.1) is 5.69 Å². The summed E-state index contributed by atoms with van der Waals surface area (Å²) < 4.78 is 29.1. The van der Waals surface area contributed by atoms with Gasteiger partial charge in [-0.25, -0.2) is 23.5 Å². The molecule has 6 nitrogen and oxygen atoms in total. The summed E-state index contributed by atoms with van der Waals surface area (Å²) in [7, 11) is 0. The Bertz CT molecular complexity index is 995. The first kappa shape index (κ1) is 17.4. The lowest BCUT2D eigenvalue weighted by atomic mass is 10.0. The smallest absolute Gasteiger partial charge is 0.321 e. The molecule has 2 aromatic heterocycles. The number of pyridine rings is 1. The lowest BCUT2D eigenvalue weighted by Gasteiger charge is -2.33. The van der Waals surface area contributed by atoms with E-state index in [1.54, 1.807) is 11.1 Å². The van der Waals surface area contributed by atoms with Crippen molar-refractivity contribution in [1.82, 2.24) is 19.4 Å². The van der Waals surface area contributed by atoms with Crippen LogP contribution in [0.3, 0.4) is 0 Å². The van der Waals surface area contributed by atoms with Crippen LogP contribution in [-0.2, 0) is 0 Å². The normalized spacial score (nSPS) is 15.3. The molecule has 1 fully saturated rings. The predicted molar refractivity (Wildman–Crippen MR) is 97.5 cm³/mol.